The van der Waals surface area contributed by atoms with E-state index in [0.717, 1.165) is 59.8 Å². The molecule has 1 aliphatic heterocycles. The zero-order valence-electron chi connectivity index (χ0n) is 25.9. The predicted molar refractivity (Wildman–Crippen MR) is 170 cm³/mol. The molecule has 0 radical (unpaired) electrons. The Balaban J connectivity index is 0.000000582. The number of amides is 1. The molecule has 4 heterocycles. The smallest absolute Gasteiger partial charge is 0.430 e. The molecular weight excluding hydrogens is 651 g/mol. The summed E-state index contributed by atoms with van der Waals surface area (Å²) in [6.07, 6.45) is -1.21. The lowest BCUT2D eigenvalue weighted by Gasteiger charge is -2.21. The summed E-state index contributed by atoms with van der Waals surface area (Å²) in [4.78, 5) is 30.4. The Morgan fingerprint density at radius 3 is 2.42 bits per heavy atom. The highest BCUT2D eigenvalue weighted by molar-refractivity contribution is 7.13. The molecule has 1 amide bonds. The summed E-state index contributed by atoms with van der Waals surface area (Å²) < 4.78 is 45.1. The molecule has 1 aliphatic rings. The number of nitrogens with zero attached hydrogens (tertiary/aromatic N) is 4. The summed E-state index contributed by atoms with van der Waals surface area (Å²) in [5.74, 6) is -0.398. The van der Waals surface area contributed by atoms with Gasteiger partial charge < -0.3 is 30.0 Å². The predicted octanol–water partition coefficient (Wildman–Crippen LogP) is 3.73. The van der Waals surface area contributed by atoms with Crippen LogP contribution in [-0.2, 0) is 11.3 Å². The summed E-state index contributed by atoms with van der Waals surface area (Å²) in [5, 5.41) is 25.9. The number of ether oxygens (including phenoxy) is 2. The van der Waals surface area contributed by atoms with Crippen LogP contribution in [0.5, 0.6) is 17.2 Å². The molecule has 0 aliphatic carbocycles. The summed E-state index contributed by atoms with van der Waals surface area (Å²) in [7, 11) is 1.66. The van der Waals surface area contributed by atoms with E-state index >= 15 is 0 Å². The number of quaternary nitrogens is 1. The second-order valence-electron chi connectivity index (χ2n) is 10.8. The second-order valence-corrected chi connectivity index (χ2v) is 11.7. The molecule has 5 aromatic rings. The fraction of sp³-hybridized carbons (Fsp3) is 0.281. The van der Waals surface area contributed by atoms with E-state index in [1.54, 1.807) is 37.6 Å². The van der Waals surface area contributed by atoms with E-state index in [1.807, 2.05) is 47.3 Å². The minimum Gasteiger partial charge on any atom is -0.542 e. The Labute approximate surface area is 276 Å². The van der Waals surface area contributed by atoms with E-state index in [2.05, 4.69) is 20.9 Å². The second kappa shape index (κ2) is 15.1. The molecule has 6 rings (SSSR count). The van der Waals surface area contributed by atoms with Crippen LogP contribution >= 0.6 is 11.3 Å². The van der Waals surface area contributed by atoms with Crippen molar-refractivity contribution in [3.8, 4) is 17.2 Å². The number of methoxy groups -OCH3 is 1. The molecule has 1 saturated heterocycles. The molecule has 12 nitrogen and oxygen atoms in total. The molecule has 0 bridgehead atoms. The molecule has 48 heavy (non-hydrogen) atoms. The number of carboxylic acid groups (broad SMARTS) is 1. The van der Waals surface area contributed by atoms with E-state index in [4.69, 9.17) is 29.5 Å². The number of aryl methyl sites for hydroxylation is 1. The number of rotatable bonds is 9. The van der Waals surface area contributed by atoms with Gasteiger partial charge in [-0.05, 0) is 61.7 Å². The van der Waals surface area contributed by atoms with Crippen LogP contribution in [0.1, 0.15) is 34.5 Å². The van der Waals surface area contributed by atoms with Gasteiger partial charge in [-0.3, -0.25) is 10.1 Å². The number of nitrogens with two attached hydrogens (primary N) is 1. The van der Waals surface area contributed by atoms with Gasteiger partial charge >= 0.3 is 6.18 Å². The number of piperidine rings is 1. The van der Waals surface area contributed by atoms with Gasteiger partial charge in [0.15, 0.2) is 16.6 Å². The molecule has 16 heteroatoms. The van der Waals surface area contributed by atoms with Crippen molar-refractivity contribution in [2.45, 2.75) is 38.5 Å². The number of aliphatic carboxylic acids is 1. The average molecular weight is 684 g/mol. The summed E-state index contributed by atoms with van der Waals surface area (Å²) in [6, 6.07) is 17.2. The van der Waals surface area contributed by atoms with Crippen LogP contribution in [0.2, 0.25) is 0 Å². The van der Waals surface area contributed by atoms with Gasteiger partial charge in [-0.1, -0.05) is 12.1 Å². The fourth-order valence-electron chi connectivity index (χ4n) is 4.92. The van der Waals surface area contributed by atoms with Crippen LogP contribution in [-0.4, -0.2) is 64.0 Å². The SMILES string of the molecule is COc1ccc(Cn2nc(N[C@@H]3CCC[NH2+]C3)c3c(Oc4ccc(C(=O)Nc5nc(C)cs5)cc4)ccnc32)cc1.O=C([O-])C(F)(F)F. The van der Waals surface area contributed by atoms with E-state index in [-0.39, 0.29) is 5.91 Å². The molecule has 1 atom stereocenters. The number of nitrogens with one attached hydrogen (secondary N) is 2. The van der Waals surface area contributed by atoms with E-state index in [1.165, 1.54) is 11.3 Å². The van der Waals surface area contributed by atoms with Gasteiger partial charge in [0, 0.05) is 23.2 Å². The highest BCUT2D eigenvalue weighted by atomic mass is 32.1. The fourth-order valence-corrected chi connectivity index (χ4v) is 5.61. The lowest BCUT2D eigenvalue weighted by atomic mass is 10.1. The Morgan fingerprint density at radius 1 is 1.10 bits per heavy atom. The number of hydrogen-bond acceptors (Lipinski definition) is 10. The summed E-state index contributed by atoms with van der Waals surface area (Å²) in [6.45, 7) is 4.59. The molecule has 3 aromatic heterocycles. The number of carbonyl (C=O) groups is 2. The molecule has 252 valence electrons. The van der Waals surface area contributed by atoms with E-state index in [0.29, 0.717) is 34.8 Å². The zero-order chi connectivity index (χ0) is 34.3. The third-order valence-corrected chi connectivity index (χ3v) is 8.13. The van der Waals surface area contributed by atoms with Crippen molar-refractivity contribution in [3.05, 3.63) is 83.0 Å². The minimum absolute atomic E-state index is 0.215. The topological polar surface area (TPSA) is 160 Å². The summed E-state index contributed by atoms with van der Waals surface area (Å²) in [5.41, 5.74) is 3.21. The number of fused-ring (bicyclic) bond motifs is 1. The van der Waals surface area contributed by atoms with Crippen LogP contribution in [0.3, 0.4) is 0 Å². The molecule has 2 aromatic carbocycles. The Kier molecular flexibility index (Phi) is 10.8. The summed E-state index contributed by atoms with van der Waals surface area (Å²) >= 11 is 1.40. The number of pyridine rings is 1. The van der Waals surface area contributed by atoms with Crippen molar-refractivity contribution in [3.63, 3.8) is 0 Å². The van der Waals surface area contributed by atoms with Crippen molar-refractivity contribution >= 4 is 45.2 Å². The standard InChI is InChI=1S/C30H31N7O3S.C2HF3O2/c1-19-18-41-30(33-19)35-29(38)21-7-11-24(12-8-21)40-25-13-15-32-28-26(25)27(34-22-4-3-14-31-16-22)36-37(28)17-20-5-9-23(39-2)10-6-20;3-2(4,5)1(6)7/h5-13,15,18,22,31H,3-4,14,16-17H2,1-2H3,(H,34,36)(H,33,35,38);(H,6,7)/t22-;/m1./s1. The van der Waals surface area contributed by atoms with Crippen molar-refractivity contribution in [1.29, 1.82) is 0 Å². The molecule has 0 saturated carbocycles. The first-order valence-electron chi connectivity index (χ1n) is 14.9. The minimum atomic E-state index is -5.19. The van der Waals surface area contributed by atoms with Gasteiger partial charge in [0.2, 0.25) is 0 Å². The number of carbonyl (C=O) groups excluding carboxylic acids is 2. The maximum Gasteiger partial charge on any atom is 0.430 e. The third kappa shape index (κ3) is 8.77. The Morgan fingerprint density at radius 2 is 1.81 bits per heavy atom. The number of thiazole rings is 1. The highest BCUT2D eigenvalue weighted by Crippen LogP contribution is 2.35. The van der Waals surface area contributed by atoms with Crippen molar-refractivity contribution in [2.24, 2.45) is 0 Å². The van der Waals surface area contributed by atoms with Crippen molar-refractivity contribution < 1.29 is 42.7 Å². The van der Waals surface area contributed by atoms with Gasteiger partial charge in [0.05, 0.1) is 38.5 Å². The monoisotopic (exact) mass is 683 g/mol. The third-order valence-electron chi connectivity index (χ3n) is 7.25. The zero-order valence-corrected chi connectivity index (χ0v) is 26.7. The maximum atomic E-state index is 12.7. The molecular formula is C32H32F3N7O5S. The van der Waals surface area contributed by atoms with Gasteiger partial charge in [-0.15, -0.1) is 11.3 Å². The first-order valence-corrected chi connectivity index (χ1v) is 15.7. The van der Waals surface area contributed by atoms with Crippen LogP contribution in [0.25, 0.3) is 11.0 Å². The molecule has 0 spiro atoms. The normalized spacial score (nSPS) is 14.5. The van der Waals surface area contributed by atoms with Crippen LogP contribution < -0.4 is 30.5 Å². The van der Waals surface area contributed by atoms with E-state index < -0.39 is 12.1 Å². The first-order chi connectivity index (χ1) is 23.0. The number of anilines is 2. The number of benzene rings is 2. The number of carboxylic acids is 1. The van der Waals surface area contributed by atoms with Crippen LogP contribution in [0.4, 0.5) is 24.1 Å². The lowest BCUT2D eigenvalue weighted by Crippen LogP contribution is -2.88. The Hall–Kier alpha value is -5.22. The molecule has 0 unspecified atom stereocenters. The number of hydrogen-bond donors (Lipinski definition) is 3. The number of alkyl halides is 3. The molecule has 1 fully saturated rings. The largest absolute Gasteiger partial charge is 0.542 e. The van der Waals surface area contributed by atoms with Gasteiger partial charge in [-0.25, -0.2) is 14.6 Å². The number of halogens is 3. The van der Waals surface area contributed by atoms with Gasteiger partial charge in [-0.2, -0.15) is 18.3 Å². The average Bonchev–Trinajstić information content (AvgIpc) is 3.64. The molecule has 4 N–H and O–H groups in total. The van der Waals surface area contributed by atoms with Gasteiger partial charge in [0.1, 0.15) is 28.6 Å². The quantitative estimate of drug-likeness (QED) is 0.210. The van der Waals surface area contributed by atoms with E-state index in [9.17, 15) is 18.0 Å². The van der Waals surface area contributed by atoms with Crippen LogP contribution in [0, 0.1) is 6.92 Å². The van der Waals surface area contributed by atoms with Crippen molar-refractivity contribution in [2.75, 3.05) is 30.8 Å². The van der Waals surface area contributed by atoms with Gasteiger partial charge in [0.25, 0.3) is 5.91 Å². The van der Waals surface area contributed by atoms with Crippen molar-refractivity contribution in [1.82, 2.24) is 19.7 Å². The Bertz CT molecular complexity index is 1860. The van der Waals surface area contributed by atoms with Crippen LogP contribution in [0.15, 0.2) is 66.2 Å². The number of aromatic nitrogens is 4. The first kappa shape index (κ1) is 34.1. The lowest BCUT2D eigenvalue weighted by molar-refractivity contribution is -0.663. The maximum absolute atomic E-state index is 12.7. The highest BCUT2D eigenvalue weighted by Gasteiger charge is 2.29.